The van der Waals surface area contributed by atoms with Gasteiger partial charge in [0.2, 0.25) is 5.91 Å². The van der Waals surface area contributed by atoms with Crippen molar-refractivity contribution in [2.45, 2.75) is 63.8 Å². The summed E-state index contributed by atoms with van der Waals surface area (Å²) in [6.07, 6.45) is 6.77. The molecule has 0 aromatic rings. The predicted octanol–water partition coefficient (Wildman–Crippen LogP) is 0.409. The summed E-state index contributed by atoms with van der Waals surface area (Å²) >= 11 is 0. The number of carboxylic acid groups (broad SMARTS) is 2. The van der Waals surface area contributed by atoms with Crippen LogP contribution in [0.15, 0.2) is 0 Å². The van der Waals surface area contributed by atoms with Gasteiger partial charge in [0.1, 0.15) is 12.6 Å². The molecule has 0 aliphatic carbocycles. The SMILES string of the molecule is NCCCCCCCC(=O)NCCCC[C@H](NC(=O)NCC(=O)O)C(=O)O. The highest BCUT2D eigenvalue weighted by Crippen LogP contribution is 2.05. The van der Waals surface area contributed by atoms with E-state index in [1.807, 2.05) is 5.32 Å². The second-order valence-corrected chi connectivity index (χ2v) is 6.26. The molecule has 0 spiro atoms. The maximum Gasteiger partial charge on any atom is 0.326 e. The summed E-state index contributed by atoms with van der Waals surface area (Å²) in [4.78, 5) is 44.6. The van der Waals surface area contributed by atoms with E-state index in [0.717, 1.165) is 32.1 Å². The number of urea groups is 1. The molecule has 0 aromatic heterocycles. The molecule has 27 heavy (non-hydrogen) atoms. The quantitative estimate of drug-likeness (QED) is 0.208. The first-order valence-electron chi connectivity index (χ1n) is 9.32. The van der Waals surface area contributed by atoms with Crippen molar-refractivity contribution < 1.29 is 29.4 Å². The molecule has 10 nitrogen and oxygen atoms in total. The van der Waals surface area contributed by atoms with Crippen LogP contribution in [0.2, 0.25) is 0 Å². The van der Waals surface area contributed by atoms with Gasteiger partial charge in [-0.25, -0.2) is 9.59 Å². The van der Waals surface area contributed by atoms with E-state index < -0.39 is 30.6 Å². The molecule has 0 rings (SSSR count). The minimum atomic E-state index is -1.22. The number of carbonyl (C=O) groups is 4. The maximum atomic E-state index is 11.7. The molecule has 3 amide bonds. The lowest BCUT2D eigenvalue weighted by Crippen LogP contribution is -2.47. The lowest BCUT2D eigenvalue weighted by atomic mass is 10.1. The van der Waals surface area contributed by atoms with Gasteiger partial charge in [0.05, 0.1) is 0 Å². The first kappa shape index (κ1) is 24.6. The van der Waals surface area contributed by atoms with Crippen LogP contribution < -0.4 is 21.7 Å². The van der Waals surface area contributed by atoms with E-state index in [1.165, 1.54) is 0 Å². The second-order valence-electron chi connectivity index (χ2n) is 6.26. The van der Waals surface area contributed by atoms with E-state index in [-0.39, 0.29) is 12.3 Å². The number of aliphatic carboxylic acids is 2. The topological polar surface area (TPSA) is 171 Å². The Morgan fingerprint density at radius 1 is 0.852 bits per heavy atom. The molecule has 0 aromatic carbocycles. The van der Waals surface area contributed by atoms with Crippen molar-refractivity contribution in [3.63, 3.8) is 0 Å². The normalized spacial score (nSPS) is 11.4. The molecule has 0 aliphatic heterocycles. The molecule has 0 unspecified atom stereocenters. The number of rotatable bonds is 16. The monoisotopic (exact) mass is 388 g/mol. The molecule has 156 valence electrons. The molecular weight excluding hydrogens is 356 g/mol. The number of nitrogens with one attached hydrogen (secondary N) is 3. The molecule has 0 heterocycles. The van der Waals surface area contributed by atoms with Crippen molar-refractivity contribution in [1.29, 1.82) is 0 Å². The number of amides is 3. The van der Waals surface area contributed by atoms with E-state index in [0.29, 0.717) is 32.4 Å². The van der Waals surface area contributed by atoms with E-state index in [9.17, 15) is 19.2 Å². The molecule has 0 aliphatic rings. The van der Waals surface area contributed by atoms with Crippen molar-refractivity contribution in [2.24, 2.45) is 5.73 Å². The average Bonchev–Trinajstić information content (AvgIpc) is 2.61. The lowest BCUT2D eigenvalue weighted by Gasteiger charge is -2.14. The van der Waals surface area contributed by atoms with E-state index in [2.05, 4.69) is 10.6 Å². The third-order valence-electron chi connectivity index (χ3n) is 3.85. The van der Waals surface area contributed by atoms with Crippen LogP contribution in [0.5, 0.6) is 0 Å². The molecule has 0 fully saturated rings. The van der Waals surface area contributed by atoms with E-state index in [4.69, 9.17) is 15.9 Å². The summed E-state index contributed by atoms with van der Waals surface area (Å²) in [6, 6.07) is -1.95. The Labute approximate surface area is 159 Å². The summed E-state index contributed by atoms with van der Waals surface area (Å²) in [5.74, 6) is -2.43. The Morgan fingerprint density at radius 2 is 1.52 bits per heavy atom. The number of carboxylic acids is 2. The van der Waals surface area contributed by atoms with Crippen molar-refractivity contribution in [2.75, 3.05) is 19.6 Å². The van der Waals surface area contributed by atoms with Crippen LogP contribution in [-0.2, 0) is 14.4 Å². The van der Waals surface area contributed by atoms with Gasteiger partial charge >= 0.3 is 18.0 Å². The Bertz CT molecular complexity index is 472. The van der Waals surface area contributed by atoms with Crippen molar-refractivity contribution in [1.82, 2.24) is 16.0 Å². The zero-order valence-corrected chi connectivity index (χ0v) is 15.7. The summed E-state index contributed by atoms with van der Waals surface area (Å²) in [6.45, 7) is 0.562. The van der Waals surface area contributed by atoms with Gasteiger partial charge in [0.15, 0.2) is 0 Å². The zero-order chi connectivity index (χ0) is 20.5. The van der Waals surface area contributed by atoms with Gasteiger partial charge in [0.25, 0.3) is 0 Å². The van der Waals surface area contributed by atoms with Gasteiger partial charge in [-0.15, -0.1) is 0 Å². The molecule has 0 saturated carbocycles. The van der Waals surface area contributed by atoms with Crippen LogP contribution in [0, 0.1) is 0 Å². The second kappa shape index (κ2) is 15.9. The van der Waals surface area contributed by atoms with Gasteiger partial charge in [-0.1, -0.05) is 19.3 Å². The van der Waals surface area contributed by atoms with Gasteiger partial charge in [-0.3, -0.25) is 9.59 Å². The first-order valence-corrected chi connectivity index (χ1v) is 9.32. The van der Waals surface area contributed by atoms with E-state index >= 15 is 0 Å². The Kier molecular flexibility index (Phi) is 14.5. The summed E-state index contributed by atoms with van der Waals surface area (Å²) in [5.41, 5.74) is 5.41. The fourth-order valence-electron chi connectivity index (χ4n) is 2.37. The maximum absolute atomic E-state index is 11.7. The third kappa shape index (κ3) is 15.6. The van der Waals surface area contributed by atoms with E-state index in [1.54, 1.807) is 0 Å². The summed E-state index contributed by atoms with van der Waals surface area (Å²) in [5, 5.41) is 24.6. The molecule has 0 bridgehead atoms. The molecule has 0 saturated heterocycles. The number of nitrogens with two attached hydrogens (primary N) is 1. The van der Waals surface area contributed by atoms with Gasteiger partial charge < -0.3 is 31.9 Å². The Hall–Kier alpha value is -2.36. The molecule has 1 atom stereocenters. The Balaban J connectivity index is 3.79. The molecule has 10 heteroatoms. The Morgan fingerprint density at radius 3 is 2.15 bits per heavy atom. The van der Waals surface area contributed by atoms with Crippen molar-refractivity contribution >= 4 is 23.9 Å². The number of hydrogen-bond donors (Lipinski definition) is 6. The number of unbranched alkanes of at least 4 members (excludes halogenated alkanes) is 5. The van der Waals surface area contributed by atoms with Crippen LogP contribution in [0.25, 0.3) is 0 Å². The third-order valence-corrected chi connectivity index (χ3v) is 3.85. The van der Waals surface area contributed by atoms with Crippen LogP contribution in [-0.4, -0.2) is 59.8 Å². The van der Waals surface area contributed by atoms with Crippen molar-refractivity contribution in [3.05, 3.63) is 0 Å². The minimum absolute atomic E-state index is 0.0187. The van der Waals surface area contributed by atoms with Crippen molar-refractivity contribution in [3.8, 4) is 0 Å². The molecular formula is C17H32N4O6. The zero-order valence-electron chi connectivity index (χ0n) is 15.7. The van der Waals surface area contributed by atoms with Gasteiger partial charge in [-0.2, -0.15) is 0 Å². The summed E-state index contributed by atoms with van der Waals surface area (Å²) < 4.78 is 0. The highest BCUT2D eigenvalue weighted by atomic mass is 16.4. The first-order chi connectivity index (χ1) is 12.9. The number of carbonyl (C=O) groups excluding carboxylic acids is 2. The highest BCUT2D eigenvalue weighted by Gasteiger charge is 2.19. The number of hydrogen-bond acceptors (Lipinski definition) is 5. The standard InChI is InChI=1S/C17H32N4O6/c18-10-6-3-1-2-4-9-14(22)19-11-7-5-8-13(16(25)26)21-17(27)20-12-15(23)24/h13H,1-12,18H2,(H,19,22)(H,23,24)(H,25,26)(H2,20,21,27)/t13-/m0/s1. The van der Waals surface area contributed by atoms with Gasteiger partial charge in [0, 0.05) is 13.0 Å². The predicted molar refractivity (Wildman–Crippen MR) is 99.2 cm³/mol. The summed E-state index contributed by atoms with van der Waals surface area (Å²) in [7, 11) is 0. The highest BCUT2D eigenvalue weighted by molar-refractivity contribution is 5.84. The lowest BCUT2D eigenvalue weighted by molar-refractivity contribution is -0.139. The fourth-order valence-corrected chi connectivity index (χ4v) is 2.37. The average molecular weight is 388 g/mol. The van der Waals surface area contributed by atoms with Crippen LogP contribution in [0.3, 0.4) is 0 Å². The largest absolute Gasteiger partial charge is 0.480 e. The van der Waals surface area contributed by atoms with Gasteiger partial charge in [-0.05, 0) is 38.6 Å². The molecule has 0 radical (unpaired) electrons. The van der Waals surface area contributed by atoms with Crippen LogP contribution in [0.4, 0.5) is 4.79 Å². The molecule has 7 N–H and O–H groups in total. The van der Waals surface area contributed by atoms with Crippen LogP contribution >= 0.6 is 0 Å². The van der Waals surface area contributed by atoms with Crippen LogP contribution in [0.1, 0.15) is 57.8 Å². The minimum Gasteiger partial charge on any atom is -0.480 e. The fraction of sp³-hybridized carbons (Fsp3) is 0.765. The smallest absolute Gasteiger partial charge is 0.326 e.